The highest BCUT2D eigenvalue weighted by Crippen LogP contribution is 2.30. The summed E-state index contributed by atoms with van der Waals surface area (Å²) in [6.45, 7) is 5.50. The molecule has 8 heteroatoms. The summed E-state index contributed by atoms with van der Waals surface area (Å²) in [5.74, 6) is -0.417. The Morgan fingerprint density at radius 3 is 2.58 bits per heavy atom. The Balaban J connectivity index is 0.00000306. The number of esters is 1. The number of aryl methyl sites for hydroxylation is 1. The second-order valence-electron chi connectivity index (χ2n) is 8.00. The first-order chi connectivity index (χ1) is 15.6. The molecule has 2 aromatic heterocycles. The van der Waals surface area contributed by atoms with Gasteiger partial charge in [-0.05, 0) is 57.0 Å². The molecule has 0 bridgehead atoms. The van der Waals surface area contributed by atoms with Gasteiger partial charge >= 0.3 is 5.97 Å². The van der Waals surface area contributed by atoms with Crippen molar-refractivity contribution in [2.75, 3.05) is 25.0 Å². The van der Waals surface area contributed by atoms with Crippen molar-refractivity contribution in [1.82, 2.24) is 14.9 Å². The number of ether oxygens (including phenoxy) is 1. The molecule has 0 radical (unpaired) electrons. The molecular weight excluding hydrogens is 440 g/mol. The molecule has 1 fully saturated rings. The van der Waals surface area contributed by atoms with Crippen LogP contribution in [0.2, 0.25) is 0 Å². The predicted molar refractivity (Wildman–Crippen MR) is 132 cm³/mol. The van der Waals surface area contributed by atoms with Gasteiger partial charge in [-0.25, -0.2) is 14.8 Å². The number of carbonyl (C=O) groups excluding carboxylic acids is 2. The molecule has 4 rings (SSSR count). The number of fused-ring (bicyclic) bond motifs is 1. The highest BCUT2D eigenvalue weighted by atomic mass is 35.5. The maximum absolute atomic E-state index is 13.5. The zero-order valence-electron chi connectivity index (χ0n) is 19.0. The topological polar surface area (TPSA) is 84.4 Å². The second kappa shape index (κ2) is 11.1. The zero-order valence-corrected chi connectivity index (χ0v) is 19.8. The monoisotopic (exact) mass is 468 g/mol. The lowest BCUT2D eigenvalue weighted by Gasteiger charge is -2.22. The van der Waals surface area contributed by atoms with Crippen LogP contribution >= 0.6 is 12.4 Å². The van der Waals surface area contributed by atoms with Crippen LogP contribution in [0.4, 0.5) is 11.4 Å². The highest BCUT2D eigenvalue weighted by molar-refractivity contribution is 6.07. The van der Waals surface area contributed by atoms with E-state index in [1.165, 1.54) is 0 Å². The second-order valence-corrected chi connectivity index (χ2v) is 8.00. The summed E-state index contributed by atoms with van der Waals surface area (Å²) in [6.07, 6.45) is 5.93. The molecule has 3 heterocycles. The lowest BCUT2D eigenvalue weighted by molar-refractivity contribution is 0.0526. The van der Waals surface area contributed by atoms with Crippen molar-refractivity contribution in [2.45, 2.75) is 39.5 Å². The Hall–Kier alpha value is -3.19. The van der Waals surface area contributed by atoms with Gasteiger partial charge in [-0.1, -0.05) is 18.9 Å². The van der Waals surface area contributed by atoms with Crippen molar-refractivity contribution in [2.24, 2.45) is 0 Å². The van der Waals surface area contributed by atoms with Crippen LogP contribution < -0.4 is 5.32 Å². The number of nitrogens with zero attached hydrogens (tertiary/aromatic N) is 3. The molecule has 1 aromatic carbocycles. The molecule has 0 unspecified atom stereocenters. The molecule has 0 atom stereocenters. The van der Waals surface area contributed by atoms with Crippen LogP contribution in [0, 0.1) is 6.92 Å². The molecule has 1 N–H and O–H groups in total. The van der Waals surface area contributed by atoms with Gasteiger partial charge in [0.1, 0.15) is 0 Å². The molecule has 0 aliphatic carbocycles. The Bertz CT molecular complexity index is 1140. The van der Waals surface area contributed by atoms with Gasteiger partial charge in [0.15, 0.2) is 5.65 Å². The third kappa shape index (κ3) is 5.60. The summed E-state index contributed by atoms with van der Waals surface area (Å²) < 4.78 is 5.12. The fraction of sp³-hybridized carbons (Fsp3) is 0.360. The van der Waals surface area contributed by atoms with E-state index in [0.717, 1.165) is 49.9 Å². The molecule has 33 heavy (non-hydrogen) atoms. The van der Waals surface area contributed by atoms with Crippen LogP contribution in [0.1, 0.15) is 59.0 Å². The van der Waals surface area contributed by atoms with Gasteiger partial charge in [0.05, 0.1) is 23.4 Å². The average molecular weight is 469 g/mol. The first-order valence-electron chi connectivity index (χ1n) is 11.2. The zero-order chi connectivity index (χ0) is 22.5. The van der Waals surface area contributed by atoms with Gasteiger partial charge in [-0.15, -0.1) is 12.4 Å². The summed E-state index contributed by atoms with van der Waals surface area (Å²) in [6, 6.07) is 10.9. The minimum atomic E-state index is -0.381. The van der Waals surface area contributed by atoms with E-state index < -0.39 is 0 Å². The van der Waals surface area contributed by atoms with E-state index in [9.17, 15) is 9.59 Å². The van der Waals surface area contributed by atoms with Gasteiger partial charge in [0, 0.05) is 36.1 Å². The number of likely N-dealkylation sites (tertiary alicyclic amines) is 1. The lowest BCUT2D eigenvalue weighted by atomic mass is 10.1. The predicted octanol–water partition coefficient (Wildman–Crippen LogP) is 5.30. The standard InChI is InChI=1S/C25H28N4O3.ClH/c1-3-32-25(31)18-9-8-10-19(15-18)28-22-20-12-11-17(2)27-23(20)26-16-21(22)24(30)29-13-6-4-5-7-14-29;/h8-12,15-16H,3-7,13-14H2,1-2H3,(H,26,27,28);1H. The van der Waals surface area contributed by atoms with E-state index in [1.807, 2.05) is 30.0 Å². The van der Waals surface area contributed by atoms with E-state index in [4.69, 9.17) is 4.74 Å². The molecule has 1 aliphatic heterocycles. The first kappa shape index (κ1) is 24.5. The summed E-state index contributed by atoms with van der Waals surface area (Å²) >= 11 is 0. The van der Waals surface area contributed by atoms with E-state index in [-0.39, 0.29) is 24.3 Å². The maximum Gasteiger partial charge on any atom is 0.338 e. The smallest absolute Gasteiger partial charge is 0.338 e. The number of benzene rings is 1. The number of hydrogen-bond donors (Lipinski definition) is 1. The molecule has 1 saturated heterocycles. The minimum absolute atomic E-state index is 0. The average Bonchev–Trinajstić information content (AvgIpc) is 3.09. The van der Waals surface area contributed by atoms with Gasteiger partial charge in [0.2, 0.25) is 0 Å². The van der Waals surface area contributed by atoms with Crippen LogP contribution in [0.5, 0.6) is 0 Å². The van der Waals surface area contributed by atoms with E-state index in [0.29, 0.717) is 34.8 Å². The summed E-state index contributed by atoms with van der Waals surface area (Å²) in [5, 5.41) is 4.13. The third-order valence-electron chi connectivity index (χ3n) is 5.64. The Morgan fingerprint density at radius 2 is 1.85 bits per heavy atom. The number of carbonyl (C=O) groups is 2. The van der Waals surface area contributed by atoms with Gasteiger partial charge in [0.25, 0.3) is 5.91 Å². The van der Waals surface area contributed by atoms with Gasteiger partial charge in [-0.2, -0.15) is 0 Å². The van der Waals surface area contributed by atoms with Crippen molar-refractivity contribution in [3.8, 4) is 0 Å². The SMILES string of the molecule is CCOC(=O)c1cccc(Nc2c(C(=O)N3CCCCCC3)cnc3nc(C)ccc23)c1.Cl. The molecule has 1 aliphatic rings. The van der Waals surface area contributed by atoms with Crippen molar-refractivity contribution in [3.05, 3.63) is 59.4 Å². The van der Waals surface area contributed by atoms with Crippen LogP contribution in [0.3, 0.4) is 0 Å². The van der Waals surface area contributed by atoms with Crippen molar-refractivity contribution < 1.29 is 14.3 Å². The Kier molecular flexibility index (Phi) is 8.22. The molecular formula is C25H29ClN4O3. The van der Waals surface area contributed by atoms with Crippen molar-refractivity contribution in [3.63, 3.8) is 0 Å². The molecule has 7 nitrogen and oxygen atoms in total. The number of aromatic nitrogens is 2. The van der Waals surface area contributed by atoms with Gasteiger partial charge < -0.3 is 15.0 Å². The summed E-state index contributed by atoms with van der Waals surface area (Å²) in [7, 11) is 0. The van der Waals surface area contributed by atoms with E-state index >= 15 is 0 Å². The number of rotatable bonds is 5. The van der Waals surface area contributed by atoms with E-state index in [1.54, 1.807) is 31.3 Å². The summed E-state index contributed by atoms with van der Waals surface area (Å²) in [5.41, 5.74) is 3.72. The minimum Gasteiger partial charge on any atom is -0.462 e. The highest BCUT2D eigenvalue weighted by Gasteiger charge is 2.23. The Labute approximate surface area is 200 Å². The normalized spacial score (nSPS) is 13.7. The first-order valence-corrected chi connectivity index (χ1v) is 11.2. The molecule has 0 saturated carbocycles. The maximum atomic E-state index is 13.5. The Morgan fingerprint density at radius 1 is 1.09 bits per heavy atom. The quantitative estimate of drug-likeness (QED) is 0.512. The fourth-order valence-corrected chi connectivity index (χ4v) is 4.00. The van der Waals surface area contributed by atoms with Crippen LogP contribution in [0.15, 0.2) is 42.6 Å². The van der Waals surface area contributed by atoms with Crippen LogP contribution in [0.25, 0.3) is 11.0 Å². The number of pyridine rings is 2. The number of hydrogen-bond acceptors (Lipinski definition) is 6. The fourth-order valence-electron chi connectivity index (χ4n) is 4.00. The van der Waals surface area contributed by atoms with Crippen LogP contribution in [-0.4, -0.2) is 46.4 Å². The molecule has 1 amide bonds. The van der Waals surface area contributed by atoms with Crippen molar-refractivity contribution >= 4 is 46.7 Å². The number of halogens is 1. The molecule has 3 aromatic rings. The number of anilines is 2. The molecule has 174 valence electrons. The summed E-state index contributed by atoms with van der Waals surface area (Å²) in [4.78, 5) is 36.6. The lowest BCUT2D eigenvalue weighted by Crippen LogP contribution is -2.32. The molecule has 0 spiro atoms. The third-order valence-corrected chi connectivity index (χ3v) is 5.64. The van der Waals surface area contributed by atoms with E-state index in [2.05, 4.69) is 15.3 Å². The number of amides is 1. The van der Waals surface area contributed by atoms with Gasteiger partial charge in [-0.3, -0.25) is 4.79 Å². The van der Waals surface area contributed by atoms with Crippen LogP contribution in [-0.2, 0) is 4.74 Å². The largest absolute Gasteiger partial charge is 0.462 e. The number of nitrogens with one attached hydrogen (secondary N) is 1. The van der Waals surface area contributed by atoms with Crippen molar-refractivity contribution in [1.29, 1.82) is 0 Å².